The Kier molecular flexibility index (Phi) is 1.70. The van der Waals surface area contributed by atoms with E-state index < -0.39 is 0 Å². The van der Waals surface area contributed by atoms with Crippen LogP contribution in [0.3, 0.4) is 0 Å². The maximum absolute atomic E-state index is 9.39. The summed E-state index contributed by atoms with van der Waals surface area (Å²) in [5.41, 5.74) is 1.47. The highest BCUT2D eigenvalue weighted by atomic mass is 32.1. The maximum atomic E-state index is 9.39. The fourth-order valence-electron chi connectivity index (χ4n) is 2.05. The number of hydrogen-bond donors (Lipinski definition) is 1. The van der Waals surface area contributed by atoms with Crippen LogP contribution in [-0.2, 0) is 5.41 Å². The smallest absolute Gasteiger partial charge is 0.0528 e. The van der Waals surface area contributed by atoms with Crippen LogP contribution in [-0.4, -0.2) is 11.7 Å². The molecule has 0 radical (unpaired) electrons. The predicted octanol–water partition coefficient (Wildman–Crippen LogP) is 2.93. The molecule has 0 saturated heterocycles. The van der Waals surface area contributed by atoms with E-state index in [0.29, 0.717) is 6.61 Å². The molecule has 3 rings (SSSR count). The van der Waals surface area contributed by atoms with E-state index in [1.807, 2.05) is 0 Å². The SMILES string of the molecule is OCC1(c2csc3ccccc23)CC1. The van der Waals surface area contributed by atoms with E-state index in [2.05, 4.69) is 29.6 Å². The molecular weight excluding hydrogens is 192 g/mol. The molecule has 0 amide bonds. The van der Waals surface area contributed by atoms with E-state index in [4.69, 9.17) is 0 Å². The first-order valence-electron chi connectivity index (χ1n) is 4.93. The van der Waals surface area contributed by atoms with Crippen molar-refractivity contribution in [3.63, 3.8) is 0 Å². The number of aliphatic hydroxyl groups is 1. The zero-order valence-corrected chi connectivity index (χ0v) is 8.68. The maximum Gasteiger partial charge on any atom is 0.0528 e. The second-order valence-electron chi connectivity index (χ2n) is 4.08. The summed E-state index contributed by atoms with van der Waals surface area (Å²) < 4.78 is 1.34. The summed E-state index contributed by atoms with van der Waals surface area (Å²) in [5.74, 6) is 0. The van der Waals surface area contributed by atoms with Gasteiger partial charge in [0.25, 0.3) is 0 Å². The summed E-state index contributed by atoms with van der Waals surface area (Å²) in [4.78, 5) is 0. The van der Waals surface area contributed by atoms with E-state index in [1.54, 1.807) is 11.3 Å². The topological polar surface area (TPSA) is 20.2 Å². The summed E-state index contributed by atoms with van der Waals surface area (Å²) in [6.45, 7) is 0.299. The molecule has 1 saturated carbocycles. The van der Waals surface area contributed by atoms with Gasteiger partial charge in [-0.15, -0.1) is 11.3 Å². The van der Waals surface area contributed by atoms with Crippen LogP contribution < -0.4 is 0 Å². The second kappa shape index (κ2) is 2.81. The summed E-state index contributed by atoms with van der Waals surface area (Å²) >= 11 is 1.79. The van der Waals surface area contributed by atoms with Gasteiger partial charge in [0, 0.05) is 10.1 Å². The van der Waals surface area contributed by atoms with Crippen molar-refractivity contribution in [1.82, 2.24) is 0 Å². The second-order valence-corrected chi connectivity index (χ2v) is 5.00. The molecule has 2 aromatic rings. The van der Waals surface area contributed by atoms with Crippen molar-refractivity contribution < 1.29 is 5.11 Å². The first-order chi connectivity index (χ1) is 6.86. The lowest BCUT2D eigenvalue weighted by Gasteiger charge is -2.09. The van der Waals surface area contributed by atoms with Crippen molar-refractivity contribution in [1.29, 1.82) is 0 Å². The Bertz CT molecular complexity index is 468. The van der Waals surface area contributed by atoms with Crippen LogP contribution in [0, 0.1) is 0 Å². The fourth-order valence-corrected chi connectivity index (χ4v) is 3.14. The van der Waals surface area contributed by atoms with Gasteiger partial charge < -0.3 is 5.11 Å². The minimum Gasteiger partial charge on any atom is -0.395 e. The summed E-state index contributed by atoms with van der Waals surface area (Å²) in [5, 5.41) is 12.9. The molecule has 14 heavy (non-hydrogen) atoms. The molecule has 1 aromatic carbocycles. The molecule has 0 aliphatic heterocycles. The lowest BCUT2D eigenvalue weighted by Crippen LogP contribution is -2.10. The van der Waals surface area contributed by atoms with Gasteiger partial charge in [-0.05, 0) is 35.2 Å². The molecule has 0 bridgehead atoms. The molecule has 0 spiro atoms. The van der Waals surface area contributed by atoms with Gasteiger partial charge in [0.05, 0.1) is 6.61 Å². The molecule has 0 atom stereocenters. The fraction of sp³-hybridized carbons (Fsp3) is 0.333. The number of benzene rings is 1. The molecule has 0 unspecified atom stereocenters. The number of hydrogen-bond acceptors (Lipinski definition) is 2. The normalized spacial score (nSPS) is 18.6. The average molecular weight is 204 g/mol. The number of rotatable bonds is 2. The zero-order chi connectivity index (χ0) is 9.60. The van der Waals surface area contributed by atoms with Crippen LogP contribution in [0.2, 0.25) is 0 Å². The van der Waals surface area contributed by atoms with Gasteiger partial charge in [-0.2, -0.15) is 0 Å². The molecular formula is C12H12OS. The van der Waals surface area contributed by atoms with Gasteiger partial charge in [0.2, 0.25) is 0 Å². The standard InChI is InChI=1S/C12H12OS/c13-8-12(5-6-12)10-7-14-11-4-2-1-3-9(10)11/h1-4,7,13H,5-6,8H2. The number of fused-ring (bicyclic) bond motifs is 1. The van der Waals surface area contributed by atoms with Gasteiger partial charge in [-0.25, -0.2) is 0 Å². The van der Waals surface area contributed by atoms with Gasteiger partial charge in [0.1, 0.15) is 0 Å². The van der Waals surface area contributed by atoms with Crippen molar-refractivity contribution in [3.05, 3.63) is 35.2 Å². The quantitative estimate of drug-likeness (QED) is 0.797. The van der Waals surface area contributed by atoms with Crippen LogP contribution >= 0.6 is 11.3 Å². The molecule has 2 heteroatoms. The minimum absolute atomic E-state index is 0.111. The van der Waals surface area contributed by atoms with Crippen LogP contribution in [0.5, 0.6) is 0 Å². The van der Waals surface area contributed by atoms with Gasteiger partial charge in [0.15, 0.2) is 0 Å². The Labute approximate surface area is 87.0 Å². The minimum atomic E-state index is 0.111. The van der Waals surface area contributed by atoms with E-state index >= 15 is 0 Å². The molecule has 1 nitrogen and oxygen atoms in total. The molecule has 1 aliphatic rings. The van der Waals surface area contributed by atoms with Crippen molar-refractivity contribution in [2.45, 2.75) is 18.3 Å². The van der Waals surface area contributed by atoms with Crippen molar-refractivity contribution >= 4 is 21.4 Å². The predicted molar refractivity (Wildman–Crippen MR) is 59.8 cm³/mol. The molecule has 1 aromatic heterocycles. The lowest BCUT2D eigenvalue weighted by atomic mass is 9.97. The third-order valence-electron chi connectivity index (χ3n) is 3.21. The Morgan fingerprint density at radius 1 is 1.29 bits per heavy atom. The molecule has 1 fully saturated rings. The summed E-state index contributed by atoms with van der Waals surface area (Å²) in [6.07, 6.45) is 2.29. The van der Waals surface area contributed by atoms with E-state index in [1.165, 1.54) is 15.6 Å². The van der Waals surface area contributed by atoms with Gasteiger partial charge in [-0.3, -0.25) is 0 Å². The first kappa shape index (κ1) is 8.45. The van der Waals surface area contributed by atoms with Crippen LogP contribution in [0.4, 0.5) is 0 Å². The van der Waals surface area contributed by atoms with Gasteiger partial charge in [-0.1, -0.05) is 18.2 Å². The first-order valence-corrected chi connectivity index (χ1v) is 5.81. The van der Waals surface area contributed by atoms with Crippen LogP contribution in [0.25, 0.3) is 10.1 Å². The zero-order valence-electron chi connectivity index (χ0n) is 7.86. The molecule has 72 valence electrons. The average Bonchev–Trinajstić information content (AvgIpc) is 2.91. The largest absolute Gasteiger partial charge is 0.395 e. The Morgan fingerprint density at radius 3 is 2.79 bits per heavy atom. The van der Waals surface area contributed by atoms with Crippen molar-refractivity contribution in [2.24, 2.45) is 0 Å². The Morgan fingerprint density at radius 2 is 2.07 bits per heavy atom. The molecule has 1 aliphatic carbocycles. The van der Waals surface area contributed by atoms with Crippen molar-refractivity contribution in [3.8, 4) is 0 Å². The summed E-state index contributed by atoms with van der Waals surface area (Å²) in [6, 6.07) is 8.46. The third-order valence-corrected chi connectivity index (χ3v) is 4.17. The monoisotopic (exact) mass is 204 g/mol. The van der Waals surface area contributed by atoms with Crippen LogP contribution in [0.15, 0.2) is 29.6 Å². The van der Waals surface area contributed by atoms with Gasteiger partial charge >= 0.3 is 0 Å². The van der Waals surface area contributed by atoms with E-state index in [9.17, 15) is 5.11 Å². The molecule has 1 heterocycles. The Balaban J connectivity index is 2.22. The summed E-state index contributed by atoms with van der Waals surface area (Å²) in [7, 11) is 0. The van der Waals surface area contributed by atoms with Crippen LogP contribution in [0.1, 0.15) is 18.4 Å². The highest BCUT2D eigenvalue weighted by Crippen LogP contribution is 2.51. The van der Waals surface area contributed by atoms with E-state index in [0.717, 1.165) is 12.8 Å². The van der Waals surface area contributed by atoms with Crippen molar-refractivity contribution in [2.75, 3.05) is 6.61 Å². The lowest BCUT2D eigenvalue weighted by molar-refractivity contribution is 0.256. The third kappa shape index (κ3) is 1.04. The highest BCUT2D eigenvalue weighted by molar-refractivity contribution is 7.17. The number of thiophene rings is 1. The number of aliphatic hydroxyl groups excluding tert-OH is 1. The highest BCUT2D eigenvalue weighted by Gasteiger charge is 2.44. The Hall–Kier alpha value is -0.860. The van der Waals surface area contributed by atoms with E-state index in [-0.39, 0.29) is 5.41 Å². The molecule has 1 N–H and O–H groups in total.